The molecular weight excluding hydrogens is 264 g/mol. The lowest BCUT2D eigenvalue weighted by Crippen LogP contribution is -2.39. The Kier molecular flexibility index (Phi) is 8.28. The monoisotopic (exact) mass is 292 g/mol. The summed E-state index contributed by atoms with van der Waals surface area (Å²) in [5, 5.41) is 6.65. The summed E-state index contributed by atoms with van der Waals surface area (Å²) in [6.07, 6.45) is 2.06. The van der Waals surface area contributed by atoms with Crippen LogP contribution in [-0.2, 0) is 6.42 Å². The largest absolute Gasteiger partial charge is 0.497 e. The topological polar surface area (TPSA) is 48.9 Å². The maximum atomic E-state index is 5.15. The number of rotatable bonds is 8. The Morgan fingerprint density at radius 3 is 2.38 bits per heavy atom. The second-order valence-electron chi connectivity index (χ2n) is 5.18. The molecule has 1 aromatic carbocycles. The molecule has 0 aliphatic carbocycles. The average Bonchev–Trinajstić information content (AvgIpc) is 2.50. The van der Waals surface area contributed by atoms with Crippen LogP contribution in [0.2, 0.25) is 0 Å². The molecule has 0 radical (unpaired) electrons. The zero-order valence-electron chi connectivity index (χ0n) is 13.6. The van der Waals surface area contributed by atoms with E-state index in [2.05, 4.69) is 46.8 Å². The Bertz CT molecular complexity index is 415. The molecule has 1 rings (SSSR count). The highest BCUT2D eigenvalue weighted by molar-refractivity contribution is 5.79. The molecule has 0 aliphatic heterocycles. The van der Waals surface area contributed by atoms with Crippen LogP contribution in [0.4, 0.5) is 0 Å². The van der Waals surface area contributed by atoms with Crippen LogP contribution in [0.5, 0.6) is 5.75 Å². The lowest BCUT2D eigenvalue weighted by atomic mass is 10.1. The molecule has 21 heavy (non-hydrogen) atoms. The third-order valence-corrected chi connectivity index (χ3v) is 3.16. The van der Waals surface area contributed by atoms with E-state index in [0.29, 0.717) is 0 Å². The zero-order chi connectivity index (χ0) is 15.5. The van der Waals surface area contributed by atoms with Gasteiger partial charge in [0.25, 0.3) is 0 Å². The molecule has 5 nitrogen and oxygen atoms in total. The van der Waals surface area contributed by atoms with Crippen molar-refractivity contribution in [1.82, 2.24) is 15.5 Å². The molecule has 0 aromatic heterocycles. The third kappa shape index (κ3) is 7.56. The van der Waals surface area contributed by atoms with Gasteiger partial charge in [-0.05, 0) is 51.2 Å². The predicted molar refractivity (Wildman–Crippen MR) is 89.2 cm³/mol. The molecule has 0 fully saturated rings. The number of hydrogen-bond donors (Lipinski definition) is 2. The van der Waals surface area contributed by atoms with E-state index in [9.17, 15) is 0 Å². The van der Waals surface area contributed by atoms with Crippen molar-refractivity contribution < 1.29 is 4.74 Å². The van der Waals surface area contributed by atoms with Gasteiger partial charge in [0.1, 0.15) is 5.75 Å². The molecule has 118 valence electrons. The van der Waals surface area contributed by atoms with Gasteiger partial charge in [-0.25, -0.2) is 0 Å². The van der Waals surface area contributed by atoms with Crippen molar-refractivity contribution in [2.75, 3.05) is 47.9 Å². The third-order valence-electron chi connectivity index (χ3n) is 3.16. The Morgan fingerprint density at radius 2 is 1.81 bits per heavy atom. The van der Waals surface area contributed by atoms with Crippen LogP contribution in [0.15, 0.2) is 29.3 Å². The lowest BCUT2D eigenvalue weighted by molar-refractivity contribution is 0.399. The maximum absolute atomic E-state index is 5.15. The number of nitrogens with zero attached hydrogens (tertiary/aromatic N) is 2. The van der Waals surface area contributed by atoms with E-state index in [1.165, 1.54) is 5.56 Å². The molecule has 0 amide bonds. The molecule has 0 bridgehead atoms. The number of methoxy groups -OCH3 is 1. The first-order chi connectivity index (χ1) is 10.2. The van der Waals surface area contributed by atoms with E-state index in [0.717, 1.165) is 44.2 Å². The van der Waals surface area contributed by atoms with Crippen LogP contribution in [0, 0.1) is 0 Å². The zero-order valence-corrected chi connectivity index (χ0v) is 13.6. The minimum absolute atomic E-state index is 0.861. The Morgan fingerprint density at radius 1 is 1.14 bits per heavy atom. The quantitative estimate of drug-likeness (QED) is 0.431. The number of nitrogens with one attached hydrogen (secondary N) is 2. The summed E-state index contributed by atoms with van der Waals surface area (Å²) in [6, 6.07) is 8.16. The number of hydrogen-bond acceptors (Lipinski definition) is 3. The smallest absolute Gasteiger partial charge is 0.190 e. The first-order valence-electron chi connectivity index (χ1n) is 7.38. The van der Waals surface area contributed by atoms with Crippen LogP contribution >= 0.6 is 0 Å². The van der Waals surface area contributed by atoms with Gasteiger partial charge in [-0.1, -0.05) is 12.1 Å². The van der Waals surface area contributed by atoms with Crippen LogP contribution in [0.25, 0.3) is 0 Å². The fraction of sp³-hybridized carbons (Fsp3) is 0.562. The SMILES string of the molecule is CN=C(NCCCN(C)C)NCCc1ccc(OC)cc1. The molecule has 0 spiro atoms. The molecule has 0 unspecified atom stereocenters. The van der Waals surface area contributed by atoms with Crippen LogP contribution in [0.3, 0.4) is 0 Å². The second-order valence-corrected chi connectivity index (χ2v) is 5.18. The highest BCUT2D eigenvalue weighted by atomic mass is 16.5. The van der Waals surface area contributed by atoms with E-state index in [4.69, 9.17) is 4.74 Å². The van der Waals surface area contributed by atoms with Crippen molar-refractivity contribution in [2.24, 2.45) is 4.99 Å². The fourth-order valence-electron chi connectivity index (χ4n) is 1.94. The van der Waals surface area contributed by atoms with Gasteiger partial charge in [0.2, 0.25) is 0 Å². The van der Waals surface area contributed by atoms with E-state index in [-0.39, 0.29) is 0 Å². The van der Waals surface area contributed by atoms with E-state index in [1.807, 2.05) is 12.1 Å². The molecule has 5 heteroatoms. The molecule has 0 saturated heterocycles. The number of benzene rings is 1. The maximum Gasteiger partial charge on any atom is 0.190 e. The molecule has 0 heterocycles. The van der Waals surface area contributed by atoms with Gasteiger partial charge >= 0.3 is 0 Å². The molecule has 0 saturated carbocycles. The summed E-state index contributed by atoms with van der Waals surface area (Å²) in [5.74, 6) is 1.76. The van der Waals surface area contributed by atoms with Crippen molar-refractivity contribution in [1.29, 1.82) is 0 Å². The van der Waals surface area contributed by atoms with Gasteiger partial charge in [0, 0.05) is 20.1 Å². The summed E-state index contributed by atoms with van der Waals surface area (Å²) < 4.78 is 5.15. The minimum atomic E-state index is 0.861. The Hall–Kier alpha value is -1.75. The van der Waals surface area contributed by atoms with Crippen molar-refractivity contribution >= 4 is 5.96 Å². The molecule has 0 atom stereocenters. The molecular formula is C16H28N4O. The summed E-state index contributed by atoms with van der Waals surface area (Å²) in [5.41, 5.74) is 1.28. The summed E-state index contributed by atoms with van der Waals surface area (Å²) in [6.45, 7) is 2.87. The summed E-state index contributed by atoms with van der Waals surface area (Å²) in [7, 11) is 7.65. The highest BCUT2D eigenvalue weighted by Crippen LogP contribution is 2.11. The summed E-state index contributed by atoms with van der Waals surface area (Å²) >= 11 is 0. The van der Waals surface area contributed by atoms with Gasteiger partial charge < -0.3 is 20.3 Å². The second kappa shape index (κ2) is 10.0. The standard InChI is InChI=1S/C16H28N4O/c1-17-16(18-11-5-13-20(2)3)19-12-10-14-6-8-15(21-4)9-7-14/h6-9H,5,10-13H2,1-4H3,(H2,17,18,19). The van der Waals surface area contributed by atoms with E-state index in [1.54, 1.807) is 14.2 Å². The molecule has 0 aliphatic rings. The van der Waals surface area contributed by atoms with Gasteiger partial charge in [-0.2, -0.15) is 0 Å². The molecule has 1 aromatic rings. The van der Waals surface area contributed by atoms with Crippen LogP contribution in [0.1, 0.15) is 12.0 Å². The Balaban J connectivity index is 2.22. The van der Waals surface area contributed by atoms with E-state index >= 15 is 0 Å². The summed E-state index contributed by atoms with van der Waals surface area (Å²) in [4.78, 5) is 6.41. The van der Waals surface area contributed by atoms with Crippen LogP contribution in [-0.4, -0.2) is 58.7 Å². The average molecular weight is 292 g/mol. The van der Waals surface area contributed by atoms with Crippen molar-refractivity contribution in [3.05, 3.63) is 29.8 Å². The number of ether oxygens (including phenoxy) is 1. The van der Waals surface area contributed by atoms with Crippen molar-refractivity contribution in [3.8, 4) is 5.75 Å². The van der Waals surface area contributed by atoms with Crippen molar-refractivity contribution in [2.45, 2.75) is 12.8 Å². The first kappa shape index (κ1) is 17.3. The number of aliphatic imine (C=N–C) groups is 1. The van der Waals surface area contributed by atoms with Gasteiger partial charge in [-0.15, -0.1) is 0 Å². The molecule has 2 N–H and O–H groups in total. The van der Waals surface area contributed by atoms with Gasteiger partial charge in [0.15, 0.2) is 5.96 Å². The van der Waals surface area contributed by atoms with Gasteiger partial charge in [0.05, 0.1) is 7.11 Å². The minimum Gasteiger partial charge on any atom is -0.497 e. The van der Waals surface area contributed by atoms with Gasteiger partial charge in [-0.3, -0.25) is 4.99 Å². The lowest BCUT2D eigenvalue weighted by Gasteiger charge is -2.13. The van der Waals surface area contributed by atoms with E-state index < -0.39 is 0 Å². The van der Waals surface area contributed by atoms with Crippen LogP contribution < -0.4 is 15.4 Å². The first-order valence-corrected chi connectivity index (χ1v) is 7.38. The normalized spacial score (nSPS) is 11.6. The predicted octanol–water partition coefficient (Wildman–Crippen LogP) is 1.35. The fourth-order valence-corrected chi connectivity index (χ4v) is 1.94. The number of guanidine groups is 1. The Labute approximate surface area is 128 Å². The van der Waals surface area contributed by atoms with Crippen molar-refractivity contribution in [3.63, 3.8) is 0 Å². The highest BCUT2D eigenvalue weighted by Gasteiger charge is 1.99.